The Morgan fingerprint density at radius 2 is 1.80 bits per heavy atom. The molecule has 1 heterocycles. The number of nitrogens with zero attached hydrogens (tertiary/aromatic N) is 3. The standard InChI is InChI=1S/C26H27N3O6/c1-17(2)11-14-29-24(31)19-10-9-18(15-20(19)25(29)32)26(33)35-16-23(30)28(13-6-12-27)21-7-4-5-8-22(21)34-3/h4-5,7-10,15,17H,6,11,13-14,16H2,1-3H3. The van der Waals surface area contributed by atoms with Crippen molar-refractivity contribution in [2.45, 2.75) is 26.7 Å². The molecule has 1 aliphatic heterocycles. The second-order valence-electron chi connectivity index (χ2n) is 8.41. The number of nitriles is 1. The minimum absolute atomic E-state index is 0.0595. The van der Waals surface area contributed by atoms with E-state index in [2.05, 4.69) is 0 Å². The van der Waals surface area contributed by atoms with Crippen LogP contribution in [0.2, 0.25) is 0 Å². The summed E-state index contributed by atoms with van der Waals surface area (Å²) < 4.78 is 10.5. The van der Waals surface area contributed by atoms with Crippen LogP contribution in [-0.2, 0) is 9.53 Å². The highest BCUT2D eigenvalue weighted by Crippen LogP contribution is 2.28. The maximum atomic E-state index is 12.9. The summed E-state index contributed by atoms with van der Waals surface area (Å²) in [6, 6.07) is 13.0. The number of carbonyl (C=O) groups excluding carboxylic acids is 4. The summed E-state index contributed by atoms with van der Waals surface area (Å²) in [5.41, 5.74) is 0.896. The van der Waals surface area contributed by atoms with Gasteiger partial charge in [-0.2, -0.15) is 5.26 Å². The Morgan fingerprint density at radius 1 is 1.09 bits per heavy atom. The Balaban J connectivity index is 1.71. The molecule has 0 spiro atoms. The van der Waals surface area contributed by atoms with Crippen molar-refractivity contribution in [3.05, 3.63) is 59.2 Å². The topological polar surface area (TPSA) is 117 Å². The molecule has 3 rings (SSSR count). The summed E-state index contributed by atoms with van der Waals surface area (Å²) in [5, 5.41) is 8.97. The predicted octanol–water partition coefficient (Wildman–Crippen LogP) is 3.44. The van der Waals surface area contributed by atoms with Crippen molar-refractivity contribution in [1.82, 2.24) is 4.90 Å². The number of esters is 1. The fraction of sp³-hybridized carbons (Fsp3) is 0.346. The number of ether oxygens (including phenoxy) is 2. The van der Waals surface area contributed by atoms with Crippen molar-refractivity contribution in [1.29, 1.82) is 5.26 Å². The quantitative estimate of drug-likeness (QED) is 0.380. The third-order valence-electron chi connectivity index (χ3n) is 5.59. The molecular weight excluding hydrogens is 450 g/mol. The van der Waals surface area contributed by atoms with Gasteiger partial charge in [-0.25, -0.2) is 4.79 Å². The Hall–Kier alpha value is -4.19. The van der Waals surface area contributed by atoms with Crippen molar-refractivity contribution in [3.63, 3.8) is 0 Å². The average Bonchev–Trinajstić information content (AvgIpc) is 3.10. The second-order valence-corrected chi connectivity index (χ2v) is 8.41. The number of amides is 3. The van der Waals surface area contributed by atoms with Gasteiger partial charge in [0.15, 0.2) is 6.61 Å². The van der Waals surface area contributed by atoms with Crippen molar-refractivity contribution in [3.8, 4) is 11.8 Å². The molecule has 0 N–H and O–H groups in total. The summed E-state index contributed by atoms with van der Waals surface area (Å²) in [5.74, 6) is -1.41. The van der Waals surface area contributed by atoms with Crippen LogP contribution in [0.1, 0.15) is 57.8 Å². The molecule has 182 valence electrons. The summed E-state index contributed by atoms with van der Waals surface area (Å²) >= 11 is 0. The Kier molecular flexibility index (Phi) is 8.21. The third kappa shape index (κ3) is 5.66. The number of hydrogen-bond acceptors (Lipinski definition) is 7. The molecule has 9 heteroatoms. The van der Waals surface area contributed by atoms with Crippen LogP contribution < -0.4 is 9.64 Å². The maximum Gasteiger partial charge on any atom is 0.338 e. The van der Waals surface area contributed by atoms with E-state index in [-0.39, 0.29) is 35.6 Å². The van der Waals surface area contributed by atoms with Crippen LogP contribution in [0.5, 0.6) is 5.75 Å². The van der Waals surface area contributed by atoms with Crippen LogP contribution in [0.4, 0.5) is 5.69 Å². The van der Waals surface area contributed by atoms with E-state index in [9.17, 15) is 19.2 Å². The van der Waals surface area contributed by atoms with Gasteiger partial charge in [-0.1, -0.05) is 26.0 Å². The maximum absolute atomic E-state index is 12.9. The Labute approximate surface area is 203 Å². The van der Waals surface area contributed by atoms with E-state index in [1.807, 2.05) is 19.9 Å². The van der Waals surface area contributed by atoms with Crippen LogP contribution in [-0.4, -0.2) is 55.4 Å². The molecule has 2 aromatic carbocycles. The van der Waals surface area contributed by atoms with Gasteiger partial charge in [0.1, 0.15) is 5.75 Å². The highest BCUT2D eigenvalue weighted by Gasteiger charge is 2.36. The highest BCUT2D eigenvalue weighted by atomic mass is 16.5. The number of para-hydroxylation sites is 2. The zero-order chi connectivity index (χ0) is 25.5. The summed E-state index contributed by atoms with van der Waals surface area (Å²) in [6.07, 6.45) is 0.753. The van der Waals surface area contributed by atoms with E-state index < -0.39 is 24.4 Å². The van der Waals surface area contributed by atoms with Crippen molar-refractivity contribution in [2.75, 3.05) is 31.7 Å². The Bertz CT molecular complexity index is 1180. The number of fused-ring (bicyclic) bond motifs is 1. The van der Waals surface area contributed by atoms with Crippen molar-refractivity contribution < 1.29 is 28.7 Å². The first-order valence-corrected chi connectivity index (χ1v) is 11.3. The number of imide groups is 1. The van der Waals surface area contributed by atoms with Crippen LogP contribution in [0, 0.1) is 17.2 Å². The summed E-state index contributed by atoms with van der Waals surface area (Å²) in [7, 11) is 1.47. The smallest absolute Gasteiger partial charge is 0.338 e. The summed E-state index contributed by atoms with van der Waals surface area (Å²) in [6.45, 7) is 3.83. The van der Waals surface area contributed by atoms with Crippen LogP contribution in [0.25, 0.3) is 0 Å². The molecular formula is C26H27N3O6. The molecule has 0 unspecified atom stereocenters. The molecule has 0 saturated carbocycles. The predicted molar refractivity (Wildman–Crippen MR) is 127 cm³/mol. The zero-order valence-electron chi connectivity index (χ0n) is 19.9. The summed E-state index contributed by atoms with van der Waals surface area (Å²) in [4.78, 5) is 53.3. The molecule has 0 atom stereocenters. The molecule has 0 radical (unpaired) electrons. The van der Waals surface area contributed by atoms with E-state index in [1.54, 1.807) is 24.3 Å². The molecule has 2 aromatic rings. The third-order valence-corrected chi connectivity index (χ3v) is 5.59. The van der Waals surface area contributed by atoms with Gasteiger partial charge < -0.3 is 14.4 Å². The lowest BCUT2D eigenvalue weighted by Gasteiger charge is -2.23. The first-order valence-electron chi connectivity index (χ1n) is 11.3. The lowest BCUT2D eigenvalue weighted by atomic mass is 10.1. The van der Waals surface area contributed by atoms with E-state index in [0.29, 0.717) is 30.3 Å². The van der Waals surface area contributed by atoms with Gasteiger partial charge in [-0.15, -0.1) is 0 Å². The van der Waals surface area contributed by atoms with E-state index in [4.69, 9.17) is 14.7 Å². The number of anilines is 1. The lowest BCUT2D eigenvalue weighted by molar-refractivity contribution is -0.121. The Morgan fingerprint density at radius 3 is 2.49 bits per heavy atom. The van der Waals surface area contributed by atoms with Gasteiger partial charge in [0.2, 0.25) is 0 Å². The van der Waals surface area contributed by atoms with Gasteiger partial charge in [-0.3, -0.25) is 19.3 Å². The number of methoxy groups -OCH3 is 1. The van der Waals surface area contributed by atoms with Gasteiger partial charge >= 0.3 is 5.97 Å². The minimum Gasteiger partial charge on any atom is -0.495 e. The lowest BCUT2D eigenvalue weighted by Crippen LogP contribution is -2.35. The largest absolute Gasteiger partial charge is 0.495 e. The molecule has 9 nitrogen and oxygen atoms in total. The average molecular weight is 478 g/mol. The first-order chi connectivity index (χ1) is 16.8. The van der Waals surface area contributed by atoms with Gasteiger partial charge in [0, 0.05) is 13.1 Å². The fourth-order valence-electron chi connectivity index (χ4n) is 3.69. The number of hydrogen-bond donors (Lipinski definition) is 0. The van der Waals surface area contributed by atoms with Crippen LogP contribution in [0.15, 0.2) is 42.5 Å². The highest BCUT2D eigenvalue weighted by molar-refractivity contribution is 6.22. The molecule has 0 fully saturated rings. The van der Waals surface area contributed by atoms with Gasteiger partial charge in [-0.05, 0) is 42.7 Å². The van der Waals surface area contributed by atoms with Crippen molar-refractivity contribution in [2.24, 2.45) is 5.92 Å². The number of rotatable bonds is 10. The van der Waals surface area contributed by atoms with Gasteiger partial charge in [0.05, 0.1) is 42.0 Å². The molecule has 35 heavy (non-hydrogen) atoms. The van der Waals surface area contributed by atoms with E-state index in [1.165, 1.54) is 35.1 Å². The van der Waals surface area contributed by atoms with Crippen LogP contribution >= 0.6 is 0 Å². The molecule has 3 amide bonds. The monoisotopic (exact) mass is 477 g/mol. The van der Waals surface area contributed by atoms with E-state index >= 15 is 0 Å². The second kappa shape index (κ2) is 11.3. The molecule has 0 aliphatic carbocycles. The SMILES string of the molecule is COc1ccccc1N(CCC#N)C(=O)COC(=O)c1ccc2c(c1)C(=O)N(CCC(C)C)C2=O. The minimum atomic E-state index is -0.803. The van der Waals surface area contributed by atoms with Gasteiger partial charge in [0.25, 0.3) is 17.7 Å². The molecule has 0 aromatic heterocycles. The zero-order valence-corrected chi connectivity index (χ0v) is 19.9. The van der Waals surface area contributed by atoms with E-state index in [0.717, 1.165) is 0 Å². The van der Waals surface area contributed by atoms with Crippen LogP contribution in [0.3, 0.4) is 0 Å². The molecule has 1 aliphatic rings. The number of benzene rings is 2. The molecule has 0 saturated heterocycles. The molecule has 0 bridgehead atoms. The van der Waals surface area contributed by atoms with Crippen molar-refractivity contribution >= 4 is 29.4 Å². The normalized spacial score (nSPS) is 12.4. The first kappa shape index (κ1) is 25.4. The number of carbonyl (C=O) groups is 4. The fourth-order valence-corrected chi connectivity index (χ4v) is 3.69.